The van der Waals surface area contributed by atoms with E-state index in [1.54, 1.807) is 14.2 Å². The van der Waals surface area contributed by atoms with E-state index in [1.807, 2.05) is 12.1 Å². The lowest BCUT2D eigenvalue weighted by Crippen LogP contribution is -2.34. The second kappa shape index (κ2) is 7.63. The van der Waals surface area contributed by atoms with Gasteiger partial charge in [0.1, 0.15) is 23.1 Å². The average molecular weight is 357 g/mol. The number of ether oxygens (including phenoxy) is 2. The van der Waals surface area contributed by atoms with Crippen molar-refractivity contribution in [2.45, 2.75) is 38.4 Å². The van der Waals surface area contributed by atoms with E-state index in [9.17, 15) is 0 Å². The third-order valence-corrected chi connectivity index (χ3v) is 5.49. The predicted molar refractivity (Wildman–Crippen MR) is 98.5 cm³/mol. The third-order valence-electron chi connectivity index (χ3n) is 5.49. The molecule has 0 saturated carbocycles. The molecule has 3 heterocycles. The van der Waals surface area contributed by atoms with Gasteiger partial charge in [0.2, 0.25) is 0 Å². The summed E-state index contributed by atoms with van der Waals surface area (Å²) < 4.78 is 13.1. The summed E-state index contributed by atoms with van der Waals surface area (Å²) in [4.78, 5) is 2.50. The Kier molecular flexibility index (Phi) is 5.08. The van der Waals surface area contributed by atoms with Crippen LogP contribution in [0, 0.1) is 0 Å². The zero-order valence-corrected chi connectivity index (χ0v) is 15.6. The van der Waals surface area contributed by atoms with Crippen molar-refractivity contribution in [3.63, 3.8) is 0 Å². The molecule has 4 rings (SSSR count). The summed E-state index contributed by atoms with van der Waals surface area (Å²) in [6.07, 6.45) is 2.26. The molecule has 0 aliphatic carbocycles. The van der Waals surface area contributed by atoms with Crippen molar-refractivity contribution in [1.29, 1.82) is 0 Å². The summed E-state index contributed by atoms with van der Waals surface area (Å²) in [5, 5.41) is 12.2. The van der Waals surface area contributed by atoms with Crippen molar-refractivity contribution in [2.24, 2.45) is 0 Å². The van der Waals surface area contributed by atoms with Crippen LogP contribution in [0.3, 0.4) is 0 Å². The van der Waals surface area contributed by atoms with Gasteiger partial charge in [0.15, 0.2) is 0 Å². The summed E-state index contributed by atoms with van der Waals surface area (Å²) in [6, 6.07) is 6.06. The van der Waals surface area contributed by atoms with Crippen LogP contribution in [0.4, 0.5) is 0 Å². The van der Waals surface area contributed by atoms with E-state index in [4.69, 9.17) is 9.47 Å². The number of aromatic nitrogens is 3. The minimum absolute atomic E-state index is 0.517. The van der Waals surface area contributed by atoms with Crippen LogP contribution in [0.1, 0.15) is 36.0 Å². The van der Waals surface area contributed by atoms with Gasteiger partial charge in [0.25, 0.3) is 0 Å². The number of hydrogen-bond acceptors (Lipinski definition) is 6. The van der Waals surface area contributed by atoms with E-state index in [0.29, 0.717) is 5.92 Å². The number of fused-ring (bicyclic) bond motifs is 1. The van der Waals surface area contributed by atoms with Gasteiger partial charge >= 0.3 is 0 Å². The standard InChI is InChI=1S/C19H27N5O2/c1-25-16-4-3-15(17(11-16)26-2)13-23-8-5-14(6-9-23)19-22-21-18-12-20-7-10-24(18)19/h3-4,11,14,20H,5-10,12-13H2,1-2H3. The molecule has 0 bridgehead atoms. The maximum Gasteiger partial charge on any atom is 0.147 e. The molecule has 7 nitrogen and oxygen atoms in total. The van der Waals surface area contributed by atoms with Gasteiger partial charge < -0.3 is 19.4 Å². The van der Waals surface area contributed by atoms with Crippen LogP contribution in [-0.4, -0.2) is 53.5 Å². The number of likely N-dealkylation sites (tertiary alicyclic amines) is 1. The molecular weight excluding hydrogens is 330 g/mol. The van der Waals surface area contributed by atoms with Gasteiger partial charge in [-0.05, 0) is 32.0 Å². The van der Waals surface area contributed by atoms with Crippen molar-refractivity contribution in [1.82, 2.24) is 25.0 Å². The van der Waals surface area contributed by atoms with Crippen molar-refractivity contribution in [3.8, 4) is 11.5 Å². The minimum Gasteiger partial charge on any atom is -0.497 e. The normalized spacial score (nSPS) is 18.5. The molecule has 2 aliphatic heterocycles. The number of benzene rings is 1. The molecule has 140 valence electrons. The van der Waals surface area contributed by atoms with Crippen LogP contribution in [0.15, 0.2) is 18.2 Å². The van der Waals surface area contributed by atoms with Crippen LogP contribution < -0.4 is 14.8 Å². The van der Waals surface area contributed by atoms with Gasteiger partial charge in [0.05, 0.1) is 20.8 Å². The minimum atomic E-state index is 0.517. The van der Waals surface area contributed by atoms with E-state index in [-0.39, 0.29) is 0 Å². The third kappa shape index (κ3) is 3.41. The summed E-state index contributed by atoms with van der Waals surface area (Å²) >= 11 is 0. The smallest absolute Gasteiger partial charge is 0.147 e. The number of nitrogens with zero attached hydrogens (tertiary/aromatic N) is 4. The van der Waals surface area contributed by atoms with Gasteiger partial charge in [-0.3, -0.25) is 4.90 Å². The van der Waals surface area contributed by atoms with Gasteiger partial charge in [-0.2, -0.15) is 0 Å². The molecule has 1 saturated heterocycles. The fraction of sp³-hybridized carbons (Fsp3) is 0.579. The average Bonchev–Trinajstić information content (AvgIpc) is 3.13. The monoisotopic (exact) mass is 357 g/mol. The molecule has 1 aromatic carbocycles. The Morgan fingerprint density at radius 1 is 1.12 bits per heavy atom. The molecule has 0 amide bonds. The maximum atomic E-state index is 5.54. The predicted octanol–water partition coefficient (Wildman–Crippen LogP) is 1.78. The maximum absolute atomic E-state index is 5.54. The van der Waals surface area contributed by atoms with Gasteiger partial charge in [-0.1, -0.05) is 6.07 Å². The molecule has 1 fully saturated rings. The largest absolute Gasteiger partial charge is 0.497 e. The van der Waals surface area contributed by atoms with Crippen LogP contribution in [0.2, 0.25) is 0 Å². The summed E-state index contributed by atoms with van der Waals surface area (Å²) in [6.45, 7) is 5.88. The van der Waals surface area contributed by atoms with Crippen molar-refractivity contribution >= 4 is 0 Å². The van der Waals surface area contributed by atoms with Gasteiger partial charge in [-0.25, -0.2) is 0 Å². The molecule has 7 heteroatoms. The molecule has 0 atom stereocenters. The van der Waals surface area contributed by atoms with E-state index < -0.39 is 0 Å². The zero-order chi connectivity index (χ0) is 17.9. The fourth-order valence-electron chi connectivity index (χ4n) is 3.99. The number of hydrogen-bond donors (Lipinski definition) is 1. The first-order valence-corrected chi connectivity index (χ1v) is 9.34. The Hall–Kier alpha value is -2.12. The Balaban J connectivity index is 1.39. The fourth-order valence-corrected chi connectivity index (χ4v) is 3.99. The summed E-state index contributed by atoms with van der Waals surface area (Å²) in [5.41, 5.74) is 1.21. The second-order valence-corrected chi connectivity index (χ2v) is 7.03. The molecule has 2 aromatic rings. The van der Waals surface area contributed by atoms with Crippen LogP contribution >= 0.6 is 0 Å². The highest BCUT2D eigenvalue weighted by molar-refractivity contribution is 5.40. The van der Waals surface area contributed by atoms with E-state index in [2.05, 4.69) is 31.0 Å². The number of piperidine rings is 1. The molecule has 26 heavy (non-hydrogen) atoms. The lowest BCUT2D eigenvalue weighted by molar-refractivity contribution is 0.197. The number of rotatable bonds is 5. The first-order valence-electron chi connectivity index (χ1n) is 9.34. The topological polar surface area (TPSA) is 64.4 Å². The Labute approximate surface area is 154 Å². The molecule has 1 N–H and O–H groups in total. The first-order chi connectivity index (χ1) is 12.8. The van der Waals surface area contributed by atoms with Crippen LogP contribution in [0.25, 0.3) is 0 Å². The lowest BCUT2D eigenvalue weighted by Gasteiger charge is -2.32. The van der Waals surface area contributed by atoms with Crippen LogP contribution in [-0.2, 0) is 19.6 Å². The quantitative estimate of drug-likeness (QED) is 0.880. The Morgan fingerprint density at radius 2 is 1.96 bits per heavy atom. The van der Waals surface area contributed by atoms with Crippen molar-refractivity contribution in [3.05, 3.63) is 35.4 Å². The SMILES string of the molecule is COc1ccc(CN2CCC(c3nnc4n3CCNC4)CC2)c(OC)c1. The highest BCUT2D eigenvalue weighted by Crippen LogP contribution is 2.31. The highest BCUT2D eigenvalue weighted by atomic mass is 16.5. The molecular formula is C19H27N5O2. The molecule has 2 aliphatic rings. The molecule has 0 radical (unpaired) electrons. The van der Waals surface area contributed by atoms with Crippen molar-refractivity contribution < 1.29 is 9.47 Å². The van der Waals surface area contributed by atoms with Gasteiger partial charge in [0, 0.05) is 37.2 Å². The second-order valence-electron chi connectivity index (χ2n) is 7.03. The zero-order valence-electron chi connectivity index (χ0n) is 15.6. The molecule has 1 aromatic heterocycles. The molecule has 0 unspecified atom stereocenters. The first kappa shape index (κ1) is 17.3. The Bertz CT molecular complexity index is 752. The van der Waals surface area contributed by atoms with Gasteiger partial charge in [-0.15, -0.1) is 10.2 Å². The van der Waals surface area contributed by atoms with Crippen molar-refractivity contribution in [2.75, 3.05) is 33.9 Å². The summed E-state index contributed by atoms with van der Waals surface area (Å²) in [7, 11) is 3.40. The van der Waals surface area contributed by atoms with E-state index >= 15 is 0 Å². The van der Waals surface area contributed by atoms with E-state index in [1.165, 1.54) is 11.4 Å². The number of methoxy groups -OCH3 is 2. The molecule has 0 spiro atoms. The Morgan fingerprint density at radius 3 is 2.73 bits per heavy atom. The van der Waals surface area contributed by atoms with E-state index in [0.717, 1.165) is 69.4 Å². The highest BCUT2D eigenvalue weighted by Gasteiger charge is 2.27. The summed E-state index contributed by atoms with van der Waals surface area (Å²) in [5.74, 6) is 4.50. The number of nitrogens with one attached hydrogen (secondary N) is 1. The van der Waals surface area contributed by atoms with Crippen LogP contribution in [0.5, 0.6) is 11.5 Å². The lowest BCUT2D eigenvalue weighted by atomic mass is 9.95.